The number of hydrogen-bond acceptors (Lipinski definition) is 6. The average molecular weight is 268 g/mol. The molecule has 0 aromatic carbocycles. The van der Waals surface area contributed by atoms with Crippen molar-refractivity contribution in [1.29, 1.82) is 0 Å². The van der Waals surface area contributed by atoms with Crippen molar-refractivity contribution in [2.75, 3.05) is 18.1 Å². The molecule has 0 bridgehead atoms. The summed E-state index contributed by atoms with van der Waals surface area (Å²) in [6.45, 7) is 0.120. The second-order valence-corrected chi connectivity index (χ2v) is 4.66. The van der Waals surface area contributed by atoms with Gasteiger partial charge in [0.2, 0.25) is 0 Å². The van der Waals surface area contributed by atoms with Crippen LogP contribution in [0.15, 0.2) is 0 Å². The zero-order valence-corrected chi connectivity index (χ0v) is 11.0. The zero-order chi connectivity index (χ0) is 12.4. The van der Waals surface area contributed by atoms with E-state index in [4.69, 9.17) is 10.4 Å². The highest BCUT2D eigenvalue weighted by Crippen LogP contribution is 2.29. The van der Waals surface area contributed by atoms with E-state index in [-0.39, 0.29) is 18.4 Å². The number of rotatable bonds is 3. The topological polar surface area (TPSA) is 66.8 Å². The minimum atomic E-state index is -0.562. The van der Waals surface area contributed by atoms with Gasteiger partial charge in [-0.1, -0.05) is 6.42 Å². The largest absolute Gasteiger partial charge is 0.396 e. The van der Waals surface area contributed by atoms with Crippen LogP contribution in [0, 0.1) is 11.8 Å². The predicted molar refractivity (Wildman–Crippen MR) is 69.0 cm³/mol. The van der Waals surface area contributed by atoms with Gasteiger partial charge in [-0.2, -0.15) is 30.5 Å². The van der Waals surface area contributed by atoms with E-state index in [1.807, 2.05) is 0 Å². The Hall–Kier alpha value is 0.0900. The van der Waals surface area contributed by atoms with E-state index in [1.54, 1.807) is 0 Å². The summed E-state index contributed by atoms with van der Waals surface area (Å²) in [7, 11) is 0. The molecule has 2 N–H and O–H groups in total. The predicted octanol–water partition coefficient (Wildman–Crippen LogP) is 1.65. The minimum Gasteiger partial charge on any atom is -0.396 e. The molecule has 16 heavy (non-hydrogen) atoms. The van der Waals surface area contributed by atoms with E-state index in [1.165, 1.54) is 0 Å². The molecule has 1 aliphatic carbocycles. The first-order valence-corrected chi connectivity index (χ1v) is 6.63. The van der Waals surface area contributed by atoms with Crippen molar-refractivity contribution in [1.82, 2.24) is 0 Å². The van der Waals surface area contributed by atoms with Crippen LogP contribution in [0.1, 0.15) is 25.7 Å². The van der Waals surface area contributed by atoms with Crippen molar-refractivity contribution in [2.45, 2.75) is 25.7 Å². The van der Waals surface area contributed by atoms with Gasteiger partial charge in [0.05, 0.1) is 5.92 Å². The fourth-order valence-corrected chi connectivity index (χ4v) is 1.75. The first-order valence-electron chi connectivity index (χ1n) is 5.37. The quantitative estimate of drug-likeness (QED) is 0.357. The van der Waals surface area contributed by atoms with Crippen LogP contribution in [0.3, 0.4) is 0 Å². The van der Waals surface area contributed by atoms with Gasteiger partial charge in [0, 0.05) is 6.61 Å². The molecule has 2 atom stereocenters. The normalized spacial score (nSPS) is 24.2. The molecule has 0 aliphatic heterocycles. The van der Waals surface area contributed by atoms with E-state index in [0.717, 1.165) is 30.8 Å². The van der Waals surface area contributed by atoms with Gasteiger partial charge < -0.3 is 9.99 Å². The lowest BCUT2D eigenvalue weighted by molar-refractivity contribution is -0.240. The third kappa shape index (κ3) is 6.62. The number of aliphatic hydroxyl groups excluding tert-OH is 1. The van der Waals surface area contributed by atoms with E-state index < -0.39 is 5.97 Å². The average Bonchev–Trinajstić information content (AvgIpc) is 2.38. The Morgan fingerprint density at radius 1 is 1.31 bits per heavy atom. The summed E-state index contributed by atoms with van der Waals surface area (Å²) in [5.41, 5.74) is 0. The molecule has 1 aliphatic rings. The highest BCUT2D eigenvalue weighted by molar-refractivity contribution is 7.84. The molecule has 0 aromatic rings. The summed E-state index contributed by atoms with van der Waals surface area (Å²) >= 11 is 7.69. The number of aliphatic hydroxyl groups is 1. The maximum absolute atomic E-state index is 10.9. The molecule has 2 unspecified atom stereocenters. The van der Waals surface area contributed by atoms with Crippen LogP contribution < -0.4 is 0 Å². The Morgan fingerprint density at radius 2 is 1.94 bits per heavy atom. The smallest absolute Gasteiger partial charge is 0.345 e. The van der Waals surface area contributed by atoms with Gasteiger partial charge in [0.15, 0.2) is 0 Å². The van der Waals surface area contributed by atoms with Crippen LogP contribution in [0.2, 0.25) is 0 Å². The summed E-state index contributed by atoms with van der Waals surface area (Å²) in [5.74, 6) is 1.17. The molecule has 6 heteroatoms. The van der Waals surface area contributed by atoms with Crippen LogP contribution in [-0.2, 0) is 9.68 Å². The standard InChI is InChI=1S/C8H14O4.C2H6S2/c9-5-6-2-1-3-7(4-6)8(10)12-11;3-1-2-4/h6-7,9,11H,1-5H2;3-4H,1-2H2. The summed E-state index contributed by atoms with van der Waals surface area (Å²) in [4.78, 5) is 14.5. The Balaban J connectivity index is 0.000000487. The number of carbonyl (C=O) groups is 1. The van der Waals surface area contributed by atoms with Gasteiger partial charge in [0.1, 0.15) is 0 Å². The number of carbonyl (C=O) groups excluding carboxylic acids is 1. The molecule has 1 fully saturated rings. The van der Waals surface area contributed by atoms with Gasteiger partial charge in [-0.25, -0.2) is 4.79 Å². The number of hydrogen-bond donors (Lipinski definition) is 4. The first kappa shape index (κ1) is 16.1. The second kappa shape index (κ2) is 10.3. The van der Waals surface area contributed by atoms with Crippen molar-refractivity contribution in [2.24, 2.45) is 11.8 Å². The lowest BCUT2D eigenvalue weighted by Gasteiger charge is -2.24. The Kier molecular flexibility index (Phi) is 10.3. The molecule has 96 valence electrons. The molecule has 0 spiro atoms. The Labute approximate surface area is 107 Å². The highest BCUT2D eigenvalue weighted by Gasteiger charge is 2.28. The minimum absolute atomic E-state index is 0.120. The highest BCUT2D eigenvalue weighted by atomic mass is 32.1. The van der Waals surface area contributed by atoms with Crippen molar-refractivity contribution in [3.8, 4) is 0 Å². The molecular weight excluding hydrogens is 248 g/mol. The van der Waals surface area contributed by atoms with Gasteiger partial charge in [-0.3, -0.25) is 0 Å². The fraction of sp³-hybridized carbons (Fsp3) is 0.900. The van der Waals surface area contributed by atoms with Crippen LogP contribution in [0.4, 0.5) is 0 Å². The molecule has 0 aromatic heterocycles. The first-order chi connectivity index (χ1) is 7.69. The molecule has 0 radical (unpaired) electrons. The van der Waals surface area contributed by atoms with Crippen molar-refractivity contribution in [3.63, 3.8) is 0 Å². The van der Waals surface area contributed by atoms with Crippen LogP contribution in [0.25, 0.3) is 0 Å². The summed E-state index contributed by atoms with van der Waals surface area (Å²) in [6.07, 6.45) is 3.28. The van der Waals surface area contributed by atoms with Crippen molar-refractivity contribution >= 4 is 31.2 Å². The molecule has 1 saturated carbocycles. The van der Waals surface area contributed by atoms with Crippen LogP contribution in [0.5, 0.6) is 0 Å². The third-order valence-corrected chi connectivity index (χ3v) is 3.36. The maximum Gasteiger partial charge on any atom is 0.345 e. The third-order valence-electron chi connectivity index (χ3n) is 2.56. The monoisotopic (exact) mass is 268 g/mol. The van der Waals surface area contributed by atoms with E-state index in [0.29, 0.717) is 6.42 Å². The summed E-state index contributed by atoms with van der Waals surface area (Å²) in [6, 6.07) is 0. The van der Waals surface area contributed by atoms with Gasteiger partial charge >= 0.3 is 5.97 Å². The second-order valence-electron chi connectivity index (χ2n) is 3.77. The van der Waals surface area contributed by atoms with E-state index in [2.05, 4.69) is 30.1 Å². The van der Waals surface area contributed by atoms with Crippen molar-refractivity contribution in [3.05, 3.63) is 0 Å². The summed E-state index contributed by atoms with van der Waals surface area (Å²) < 4.78 is 0. The Bertz CT molecular complexity index is 188. The maximum atomic E-state index is 10.9. The molecule has 1 rings (SSSR count). The molecule has 0 heterocycles. The fourth-order valence-electron chi connectivity index (χ4n) is 1.75. The van der Waals surface area contributed by atoms with E-state index in [9.17, 15) is 4.79 Å². The molecule has 0 saturated heterocycles. The molecular formula is C10H20O4S2. The number of thiol groups is 2. The Morgan fingerprint density at radius 3 is 2.38 bits per heavy atom. The van der Waals surface area contributed by atoms with Gasteiger partial charge in [0.25, 0.3) is 0 Å². The van der Waals surface area contributed by atoms with Crippen molar-refractivity contribution < 1.29 is 20.0 Å². The van der Waals surface area contributed by atoms with Crippen LogP contribution >= 0.6 is 25.3 Å². The van der Waals surface area contributed by atoms with Gasteiger partial charge in [-0.05, 0) is 36.7 Å². The SMILES string of the molecule is O=C(OO)C1CCCC(CO)C1.SCCS. The lowest BCUT2D eigenvalue weighted by Crippen LogP contribution is -2.25. The molecule has 4 nitrogen and oxygen atoms in total. The molecule has 0 amide bonds. The zero-order valence-electron chi connectivity index (χ0n) is 9.21. The lowest BCUT2D eigenvalue weighted by atomic mass is 9.82. The van der Waals surface area contributed by atoms with E-state index >= 15 is 0 Å². The summed E-state index contributed by atoms with van der Waals surface area (Å²) in [5, 5.41) is 17.0. The van der Waals surface area contributed by atoms with Gasteiger partial charge in [-0.15, -0.1) is 0 Å². The van der Waals surface area contributed by atoms with Crippen LogP contribution in [-0.4, -0.2) is 34.4 Å².